The number of nitrogens with zero attached hydrogens (tertiary/aromatic N) is 1. The summed E-state index contributed by atoms with van der Waals surface area (Å²) in [5.74, 6) is 0.216. The summed E-state index contributed by atoms with van der Waals surface area (Å²) < 4.78 is 0. The van der Waals surface area contributed by atoms with Crippen LogP contribution in [0.25, 0.3) is 0 Å². The number of nitrogens with one attached hydrogen (secondary N) is 1. The molecule has 2 atom stereocenters. The fourth-order valence-corrected chi connectivity index (χ4v) is 2.19. The average Bonchev–Trinajstić information content (AvgIpc) is 2.78. The molecule has 1 aliphatic rings. The van der Waals surface area contributed by atoms with E-state index in [0.717, 1.165) is 38.8 Å². The first-order valence-electron chi connectivity index (χ1n) is 6.31. The van der Waals surface area contributed by atoms with Crippen molar-refractivity contribution in [3.05, 3.63) is 0 Å². The van der Waals surface area contributed by atoms with Gasteiger partial charge in [0.15, 0.2) is 0 Å². The molecule has 1 amide bonds. The molecular weight excluding hydrogens is 204 g/mol. The van der Waals surface area contributed by atoms with Crippen molar-refractivity contribution in [3.8, 4) is 0 Å². The normalized spacial score (nSPS) is 19.8. The lowest BCUT2D eigenvalue weighted by Gasteiger charge is -2.24. The van der Waals surface area contributed by atoms with E-state index in [1.165, 1.54) is 0 Å². The molecule has 16 heavy (non-hydrogen) atoms. The van der Waals surface area contributed by atoms with E-state index in [4.69, 9.17) is 5.11 Å². The first-order valence-corrected chi connectivity index (χ1v) is 6.31. The van der Waals surface area contributed by atoms with Crippen LogP contribution < -0.4 is 5.32 Å². The zero-order valence-corrected chi connectivity index (χ0v) is 10.4. The van der Waals surface area contributed by atoms with Gasteiger partial charge in [-0.25, -0.2) is 0 Å². The van der Waals surface area contributed by atoms with E-state index in [9.17, 15) is 4.79 Å². The van der Waals surface area contributed by atoms with Crippen LogP contribution >= 0.6 is 0 Å². The van der Waals surface area contributed by atoms with Gasteiger partial charge in [-0.2, -0.15) is 0 Å². The van der Waals surface area contributed by atoms with Gasteiger partial charge in [0.05, 0.1) is 6.04 Å². The van der Waals surface area contributed by atoms with Crippen molar-refractivity contribution in [1.29, 1.82) is 0 Å². The van der Waals surface area contributed by atoms with Gasteiger partial charge >= 0.3 is 0 Å². The minimum absolute atomic E-state index is 0.105. The summed E-state index contributed by atoms with van der Waals surface area (Å²) in [5.41, 5.74) is 0. The summed E-state index contributed by atoms with van der Waals surface area (Å²) in [6.07, 6.45) is 3.98. The SMILES string of the molecule is CC(CCCO)NC(C)C(=O)N1CCCC1. The summed E-state index contributed by atoms with van der Waals surface area (Å²) in [7, 11) is 0. The Morgan fingerprint density at radius 3 is 2.56 bits per heavy atom. The Kier molecular flexibility index (Phi) is 5.77. The molecular formula is C12H24N2O2. The Bertz CT molecular complexity index is 215. The van der Waals surface area contributed by atoms with Crippen LogP contribution in [0, 0.1) is 0 Å². The van der Waals surface area contributed by atoms with Gasteiger partial charge in [0.2, 0.25) is 5.91 Å². The quantitative estimate of drug-likeness (QED) is 0.705. The summed E-state index contributed by atoms with van der Waals surface area (Å²) in [6, 6.07) is 0.181. The molecule has 4 nitrogen and oxygen atoms in total. The molecule has 0 aromatic heterocycles. The standard InChI is InChI=1S/C12H24N2O2/c1-10(6-5-9-15)13-11(2)12(16)14-7-3-4-8-14/h10-11,13,15H,3-9H2,1-2H3. The highest BCUT2D eigenvalue weighted by Gasteiger charge is 2.23. The fraction of sp³-hybridized carbons (Fsp3) is 0.917. The first kappa shape index (κ1) is 13.5. The molecule has 1 saturated heterocycles. The summed E-state index contributed by atoms with van der Waals surface area (Å²) in [5, 5.41) is 12.0. The maximum Gasteiger partial charge on any atom is 0.239 e. The zero-order valence-electron chi connectivity index (χ0n) is 10.4. The number of carbonyl (C=O) groups is 1. The molecule has 0 aliphatic carbocycles. The lowest BCUT2D eigenvalue weighted by Crippen LogP contribution is -2.46. The van der Waals surface area contributed by atoms with Crippen LogP contribution in [0.2, 0.25) is 0 Å². The smallest absolute Gasteiger partial charge is 0.239 e. The second-order valence-electron chi connectivity index (χ2n) is 4.69. The summed E-state index contributed by atoms with van der Waals surface area (Å²) in [4.78, 5) is 13.9. The van der Waals surface area contributed by atoms with Gasteiger partial charge in [-0.15, -0.1) is 0 Å². The van der Waals surface area contributed by atoms with Crippen LogP contribution in [0.15, 0.2) is 0 Å². The Morgan fingerprint density at radius 1 is 1.38 bits per heavy atom. The predicted octanol–water partition coefficient (Wildman–Crippen LogP) is 0.748. The van der Waals surface area contributed by atoms with Crippen molar-refractivity contribution >= 4 is 5.91 Å². The van der Waals surface area contributed by atoms with Gasteiger partial charge in [-0.05, 0) is 39.5 Å². The highest BCUT2D eigenvalue weighted by Crippen LogP contribution is 2.09. The fourth-order valence-electron chi connectivity index (χ4n) is 2.19. The van der Waals surface area contributed by atoms with Crippen LogP contribution in [0.4, 0.5) is 0 Å². The van der Waals surface area contributed by atoms with Gasteiger partial charge in [-0.1, -0.05) is 0 Å². The summed E-state index contributed by atoms with van der Waals surface area (Å²) in [6.45, 7) is 6.03. The lowest BCUT2D eigenvalue weighted by atomic mass is 10.1. The van der Waals surface area contributed by atoms with Crippen LogP contribution in [-0.2, 0) is 4.79 Å². The molecule has 1 heterocycles. The largest absolute Gasteiger partial charge is 0.396 e. The van der Waals surface area contributed by atoms with Crippen LogP contribution in [0.5, 0.6) is 0 Å². The summed E-state index contributed by atoms with van der Waals surface area (Å²) >= 11 is 0. The molecule has 0 spiro atoms. The molecule has 4 heteroatoms. The number of amides is 1. The molecule has 1 fully saturated rings. The molecule has 0 radical (unpaired) electrons. The van der Waals surface area contributed by atoms with Crippen molar-refractivity contribution in [2.45, 2.75) is 51.6 Å². The second-order valence-corrected chi connectivity index (χ2v) is 4.69. The van der Waals surface area contributed by atoms with E-state index in [2.05, 4.69) is 12.2 Å². The number of aliphatic hydroxyl groups is 1. The first-order chi connectivity index (χ1) is 7.65. The Hall–Kier alpha value is -0.610. The van der Waals surface area contributed by atoms with E-state index in [1.807, 2.05) is 11.8 Å². The monoisotopic (exact) mass is 228 g/mol. The molecule has 1 rings (SSSR count). The molecule has 0 saturated carbocycles. The van der Waals surface area contributed by atoms with Crippen molar-refractivity contribution in [2.75, 3.05) is 19.7 Å². The minimum Gasteiger partial charge on any atom is -0.396 e. The number of hydrogen-bond donors (Lipinski definition) is 2. The van der Waals surface area contributed by atoms with Crippen molar-refractivity contribution < 1.29 is 9.90 Å². The molecule has 1 aliphatic heterocycles. The van der Waals surface area contributed by atoms with Crippen LogP contribution in [-0.4, -0.2) is 47.7 Å². The maximum absolute atomic E-state index is 12.0. The maximum atomic E-state index is 12.0. The molecule has 0 aromatic rings. The van der Waals surface area contributed by atoms with E-state index in [0.29, 0.717) is 0 Å². The number of rotatable bonds is 6. The molecule has 0 aromatic carbocycles. The second kappa shape index (κ2) is 6.86. The van der Waals surface area contributed by atoms with Crippen LogP contribution in [0.1, 0.15) is 39.5 Å². The minimum atomic E-state index is -0.105. The molecule has 94 valence electrons. The van der Waals surface area contributed by atoms with Crippen LogP contribution in [0.3, 0.4) is 0 Å². The number of hydrogen-bond acceptors (Lipinski definition) is 3. The third-order valence-electron chi connectivity index (χ3n) is 3.12. The van der Waals surface area contributed by atoms with Gasteiger partial charge in [-0.3, -0.25) is 4.79 Å². The van der Waals surface area contributed by atoms with Gasteiger partial charge in [0.1, 0.15) is 0 Å². The Labute approximate surface area is 98.0 Å². The predicted molar refractivity (Wildman–Crippen MR) is 64.2 cm³/mol. The van der Waals surface area contributed by atoms with Gasteiger partial charge in [0.25, 0.3) is 0 Å². The topological polar surface area (TPSA) is 52.6 Å². The van der Waals surface area contributed by atoms with Crippen molar-refractivity contribution in [3.63, 3.8) is 0 Å². The molecule has 0 bridgehead atoms. The molecule has 2 N–H and O–H groups in total. The number of likely N-dealkylation sites (tertiary alicyclic amines) is 1. The Morgan fingerprint density at radius 2 is 2.00 bits per heavy atom. The lowest BCUT2D eigenvalue weighted by molar-refractivity contribution is -0.132. The Balaban J connectivity index is 2.27. The van der Waals surface area contributed by atoms with Crippen molar-refractivity contribution in [2.24, 2.45) is 0 Å². The number of aliphatic hydroxyl groups excluding tert-OH is 1. The van der Waals surface area contributed by atoms with E-state index in [1.54, 1.807) is 0 Å². The van der Waals surface area contributed by atoms with E-state index in [-0.39, 0.29) is 24.6 Å². The van der Waals surface area contributed by atoms with E-state index < -0.39 is 0 Å². The number of carbonyl (C=O) groups excluding carboxylic acids is 1. The van der Waals surface area contributed by atoms with Gasteiger partial charge in [0, 0.05) is 25.7 Å². The van der Waals surface area contributed by atoms with Gasteiger partial charge < -0.3 is 15.3 Å². The van der Waals surface area contributed by atoms with Crippen molar-refractivity contribution in [1.82, 2.24) is 10.2 Å². The third kappa shape index (κ3) is 4.10. The zero-order chi connectivity index (χ0) is 12.0. The van der Waals surface area contributed by atoms with E-state index >= 15 is 0 Å². The third-order valence-corrected chi connectivity index (χ3v) is 3.12. The highest BCUT2D eigenvalue weighted by atomic mass is 16.2. The molecule has 2 unspecified atom stereocenters. The average molecular weight is 228 g/mol. The highest BCUT2D eigenvalue weighted by molar-refractivity contribution is 5.81.